The summed E-state index contributed by atoms with van der Waals surface area (Å²) in [6, 6.07) is 17.4. The van der Waals surface area contributed by atoms with Crippen LogP contribution in [-0.4, -0.2) is 71.4 Å². The normalized spacial score (nSPS) is 14.3. The molecule has 0 saturated heterocycles. The molecule has 0 unspecified atom stereocenters. The van der Waals surface area contributed by atoms with Gasteiger partial charge in [-0.2, -0.15) is 0 Å². The first kappa shape index (κ1) is 28.5. The number of aromatic nitrogens is 2. The summed E-state index contributed by atoms with van der Waals surface area (Å²) in [7, 11) is 1.71. The van der Waals surface area contributed by atoms with Crippen LogP contribution in [0.1, 0.15) is 43.9 Å². The second-order valence-electron chi connectivity index (χ2n) is 10.3. The van der Waals surface area contributed by atoms with E-state index in [-0.39, 0.29) is 6.10 Å². The predicted octanol–water partition coefficient (Wildman–Crippen LogP) is 5.12. The second kappa shape index (κ2) is 14.6. The van der Waals surface area contributed by atoms with Crippen molar-refractivity contribution < 1.29 is 14.6 Å². The number of fused-ring (bicyclic) bond motifs is 1. The zero-order valence-electron chi connectivity index (χ0n) is 23.1. The molecule has 0 radical (unpaired) electrons. The molecule has 1 aliphatic rings. The summed E-state index contributed by atoms with van der Waals surface area (Å²) in [5, 5.41) is 16.4. The highest BCUT2D eigenvalue weighted by Gasteiger charge is 2.20. The Morgan fingerprint density at radius 2 is 1.95 bits per heavy atom. The number of carboxylic acid groups (broad SMARTS) is 1. The molecule has 3 heterocycles. The minimum absolute atomic E-state index is 0.0711. The van der Waals surface area contributed by atoms with Crippen LogP contribution in [0.25, 0.3) is 11.1 Å². The van der Waals surface area contributed by atoms with Gasteiger partial charge >= 0.3 is 5.97 Å². The van der Waals surface area contributed by atoms with Gasteiger partial charge in [0.1, 0.15) is 17.7 Å². The monoisotopic (exact) mass is 531 g/mol. The molecule has 208 valence electrons. The Morgan fingerprint density at radius 3 is 2.69 bits per heavy atom. The zero-order chi connectivity index (χ0) is 27.5. The van der Waals surface area contributed by atoms with Gasteiger partial charge in [0.2, 0.25) is 0 Å². The number of anilines is 2. The number of methoxy groups -OCH3 is 1. The number of unbranched alkanes of at least 4 members (excludes halogenated alkanes) is 1. The van der Waals surface area contributed by atoms with E-state index in [1.807, 2.05) is 49.4 Å². The average Bonchev–Trinajstić information content (AvgIpc) is 2.97. The molecule has 1 aliphatic heterocycles. The number of aliphatic carboxylic acids is 1. The van der Waals surface area contributed by atoms with Gasteiger partial charge in [0.25, 0.3) is 0 Å². The lowest BCUT2D eigenvalue weighted by Crippen LogP contribution is -2.38. The molecule has 8 heteroatoms. The summed E-state index contributed by atoms with van der Waals surface area (Å²) in [5.74, 6) is 0.729. The van der Waals surface area contributed by atoms with Crippen LogP contribution in [0.4, 0.5) is 11.6 Å². The average molecular weight is 532 g/mol. The summed E-state index contributed by atoms with van der Waals surface area (Å²) < 4.78 is 5.51. The Morgan fingerprint density at radius 1 is 1.10 bits per heavy atom. The quantitative estimate of drug-likeness (QED) is 0.233. The van der Waals surface area contributed by atoms with Crippen LogP contribution in [-0.2, 0) is 22.4 Å². The van der Waals surface area contributed by atoms with Crippen molar-refractivity contribution in [2.24, 2.45) is 0 Å². The topological polar surface area (TPSA) is 99.6 Å². The Kier molecular flexibility index (Phi) is 10.7. The Labute approximate surface area is 231 Å². The highest BCUT2D eigenvalue weighted by Crippen LogP contribution is 2.21. The summed E-state index contributed by atoms with van der Waals surface area (Å²) in [5.41, 5.74) is 4.51. The van der Waals surface area contributed by atoms with Gasteiger partial charge in [-0.15, -0.1) is 0 Å². The molecule has 39 heavy (non-hydrogen) atoms. The molecule has 3 N–H and O–H groups in total. The van der Waals surface area contributed by atoms with Crippen molar-refractivity contribution in [3.05, 3.63) is 72.1 Å². The predicted molar refractivity (Wildman–Crippen MR) is 156 cm³/mol. The molecule has 0 saturated carbocycles. The summed E-state index contributed by atoms with van der Waals surface area (Å²) in [6.45, 7) is 5.33. The summed E-state index contributed by atoms with van der Waals surface area (Å²) >= 11 is 0. The number of pyridine rings is 2. The van der Waals surface area contributed by atoms with E-state index in [2.05, 4.69) is 32.7 Å². The molecule has 1 aromatic carbocycles. The number of carbonyl (C=O) groups is 1. The van der Waals surface area contributed by atoms with E-state index >= 15 is 0 Å². The van der Waals surface area contributed by atoms with Crippen LogP contribution in [0.15, 0.2) is 60.8 Å². The van der Waals surface area contributed by atoms with Gasteiger partial charge in [-0.1, -0.05) is 36.4 Å². The van der Waals surface area contributed by atoms with E-state index in [4.69, 9.17) is 9.72 Å². The Bertz CT molecular complexity index is 1170. The Balaban J connectivity index is 1.28. The lowest BCUT2D eigenvalue weighted by molar-refractivity contribution is -0.138. The smallest absolute Gasteiger partial charge is 0.326 e. The van der Waals surface area contributed by atoms with Crippen LogP contribution in [0.2, 0.25) is 0 Å². The first-order chi connectivity index (χ1) is 19.0. The summed E-state index contributed by atoms with van der Waals surface area (Å²) in [6.07, 6.45) is 7.55. The highest BCUT2D eigenvalue weighted by molar-refractivity contribution is 5.77. The molecule has 0 fully saturated rings. The van der Waals surface area contributed by atoms with Gasteiger partial charge in [0, 0.05) is 44.2 Å². The van der Waals surface area contributed by atoms with Crippen molar-refractivity contribution in [3.8, 4) is 11.1 Å². The number of nitrogens with zero attached hydrogens (tertiary/aromatic N) is 3. The number of benzene rings is 1. The van der Waals surface area contributed by atoms with Crippen LogP contribution in [0.5, 0.6) is 0 Å². The van der Waals surface area contributed by atoms with Crippen LogP contribution in [0, 0.1) is 0 Å². The molecule has 8 nitrogen and oxygen atoms in total. The van der Waals surface area contributed by atoms with Crippen molar-refractivity contribution in [2.45, 2.75) is 57.6 Å². The largest absolute Gasteiger partial charge is 0.480 e. The van der Waals surface area contributed by atoms with E-state index in [9.17, 15) is 9.90 Å². The molecular formula is C31H41N5O3. The number of aryl methyl sites for hydroxylation is 2. The van der Waals surface area contributed by atoms with Crippen molar-refractivity contribution in [2.75, 3.05) is 43.9 Å². The highest BCUT2D eigenvalue weighted by atomic mass is 16.5. The standard InChI is InChI=1S/C31H41N5O3/c1-23(39-2)22-36(19-7-6-12-27-15-13-25-11-8-18-32-30(25)34-27)20-17-28(31(37)38)35-29-16-14-26(21-33-29)24-9-4-3-5-10-24/h3-5,9-10,13-16,21,23,28H,6-8,11-12,17-20,22H2,1-2H3,(H,32,34)(H,33,35)(H,37,38)/t23-,28+/m1/s1. The number of hydrogen-bond donors (Lipinski definition) is 3. The van der Waals surface area contributed by atoms with Gasteiger partial charge in [0.05, 0.1) is 6.10 Å². The minimum Gasteiger partial charge on any atom is -0.480 e. The maximum atomic E-state index is 12.1. The van der Waals surface area contributed by atoms with Crippen LogP contribution >= 0.6 is 0 Å². The van der Waals surface area contributed by atoms with Gasteiger partial charge in [-0.05, 0) is 81.3 Å². The lowest BCUT2D eigenvalue weighted by atomic mass is 10.1. The number of nitrogens with one attached hydrogen (secondary N) is 2. The fraction of sp³-hybridized carbons (Fsp3) is 0.452. The molecular weight excluding hydrogens is 490 g/mol. The third kappa shape index (κ3) is 8.76. The van der Waals surface area contributed by atoms with Crippen molar-refractivity contribution in [3.63, 3.8) is 0 Å². The second-order valence-corrected chi connectivity index (χ2v) is 10.3. The molecule has 0 bridgehead atoms. The van der Waals surface area contributed by atoms with E-state index in [1.165, 1.54) is 12.0 Å². The third-order valence-corrected chi connectivity index (χ3v) is 7.25. The zero-order valence-corrected chi connectivity index (χ0v) is 23.1. The number of rotatable bonds is 15. The van der Waals surface area contributed by atoms with Gasteiger partial charge in [-0.25, -0.2) is 14.8 Å². The maximum absolute atomic E-state index is 12.1. The van der Waals surface area contributed by atoms with Gasteiger partial charge in [-0.3, -0.25) is 0 Å². The number of hydrogen-bond acceptors (Lipinski definition) is 7. The van der Waals surface area contributed by atoms with Gasteiger partial charge in [0.15, 0.2) is 0 Å². The fourth-order valence-corrected chi connectivity index (χ4v) is 4.91. The van der Waals surface area contributed by atoms with Crippen molar-refractivity contribution in [1.29, 1.82) is 0 Å². The number of carboxylic acids is 1. The first-order valence-corrected chi connectivity index (χ1v) is 14.0. The molecule has 0 amide bonds. The summed E-state index contributed by atoms with van der Waals surface area (Å²) in [4.78, 5) is 23.6. The maximum Gasteiger partial charge on any atom is 0.326 e. The fourth-order valence-electron chi connectivity index (χ4n) is 4.91. The molecule has 0 spiro atoms. The van der Waals surface area contributed by atoms with Crippen LogP contribution < -0.4 is 10.6 Å². The molecule has 4 rings (SSSR count). The molecule has 0 aliphatic carbocycles. The Hall–Kier alpha value is -3.49. The van der Waals surface area contributed by atoms with E-state index in [0.717, 1.165) is 68.0 Å². The van der Waals surface area contributed by atoms with Crippen molar-refractivity contribution >= 4 is 17.6 Å². The van der Waals surface area contributed by atoms with Crippen LogP contribution in [0.3, 0.4) is 0 Å². The third-order valence-electron chi connectivity index (χ3n) is 7.25. The number of ether oxygens (including phenoxy) is 1. The molecule has 2 atom stereocenters. The SMILES string of the molecule is CO[C@H](C)CN(CCCCc1ccc2c(n1)NCCC2)CC[C@H](Nc1ccc(-c2ccccc2)cn1)C(=O)O. The molecule has 2 aromatic heterocycles. The lowest BCUT2D eigenvalue weighted by Gasteiger charge is -2.27. The van der Waals surface area contributed by atoms with Crippen molar-refractivity contribution in [1.82, 2.24) is 14.9 Å². The van der Waals surface area contributed by atoms with E-state index in [1.54, 1.807) is 13.3 Å². The molecule has 3 aromatic rings. The van der Waals surface area contributed by atoms with Gasteiger partial charge < -0.3 is 25.4 Å². The van der Waals surface area contributed by atoms with E-state index < -0.39 is 12.0 Å². The van der Waals surface area contributed by atoms with E-state index in [0.29, 0.717) is 18.8 Å². The minimum atomic E-state index is -0.879. The first-order valence-electron chi connectivity index (χ1n) is 14.0.